The van der Waals surface area contributed by atoms with E-state index >= 15 is 0 Å². The van der Waals surface area contributed by atoms with Crippen LogP contribution in [0.1, 0.15) is 26.2 Å². The van der Waals surface area contributed by atoms with E-state index in [9.17, 15) is 4.79 Å². The van der Waals surface area contributed by atoms with Crippen LogP contribution in [0.5, 0.6) is 0 Å². The van der Waals surface area contributed by atoms with Gasteiger partial charge < -0.3 is 4.74 Å². The molecule has 0 aliphatic carbocycles. The molecule has 4 nitrogen and oxygen atoms in total. The van der Waals surface area contributed by atoms with Crippen LogP contribution >= 0.6 is 11.8 Å². The van der Waals surface area contributed by atoms with Crippen LogP contribution in [0, 0.1) is 0 Å². The molecule has 0 amide bonds. The predicted octanol–water partition coefficient (Wildman–Crippen LogP) is 3.88. The summed E-state index contributed by atoms with van der Waals surface area (Å²) in [5.74, 6) is 0. The molecule has 0 saturated heterocycles. The molecule has 0 aliphatic heterocycles. The molecule has 1 atom stereocenters. The molecule has 23 heavy (non-hydrogen) atoms. The van der Waals surface area contributed by atoms with Crippen molar-refractivity contribution in [2.75, 3.05) is 13.7 Å². The van der Waals surface area contributed by atoms with Crippen molar-refractivity contribution in [2.24, 2.45) is 0 Å². The highest BCUT2D eigenvalue weighted by molar-refractivity contribution is 7.99. The average Bonchev–Trinajstić information content (AvgIpc) is 2.56. The van der Waals surface area contributed by atoms with Gasteiger partial charge in [-0.15, -0.1) is 6.58 Å². The van der Waals surface area contributed by atoms with Gasteiger partial charge in [-0.3, -0.25) is 9.36 Å². The number of allylic oxidation sites excluding steroid dienone is 1. The Labute approximate surface area is 141 Å². The van der Waals surface area contributed by atoms with Crippen LogP contribution in [-0.4, -0.2) is 28.5 Å². The number of nitrogens with zero attached hydrogens (tertiary/aromatic N) is 2. The summed E-state index contributed by atoms with van der Waals surface area (Å²) in [6.45, 7) is 7.19. The first kappa shape index (κ1) is 17.8. The van der Waals surface area contributed by atoms with E-state index in [-0.39, 0.29) is 5.56 Å². The van der Waals surface area contributed by atoms with Crippen molar-refractivity contribution < 1.29 is 4.74 Å². The van der Waals surface area contributed by atoms with Gasteiger partial charge in [-0.2, -0.15) is 0 Å². The van der Waals surface area contributed by atoms with Crippen LogP contribution in [0.15, 0.2) is 46.9 Å². The molecule has 0 fully saturated rings. The average molecular weight is 332 g/mol. The number of aromatic nitrogens is 2. The summed E-state index contributed by atoms with van der Waals surface area (Å²) in [7, 11) is 1.68. The van der Waals surface area contributed by atoms with E-state index in [1.165, 1.54) is 0 Å². The van der Waals surface area contributed by atoms with E-state index < -0.39 is 0 Å². The summed E-state index contributed by atoms with van der Waals surface area (Å²) in [4.78, 5) is 17.5. The van der Waals surface area contributed by atoms with Gasteiger partial charge in [0.2, 0.25) is 0 Å². The number of methoxy groups -OCH3 is 1. The van der Waals surface area contributed by atoms with Gasteiger partial charge >= 0.3 is 0 Å². The molecule has 5 heteroatoms. The molecule has 0 aliphatic rings. The fraction of sp³-hybridized carbons (Fsp3) is 0.444. The summed E-state index contributed by atoms with van der Waals surface area (Å²) in [5, 5.41) is 1.85. The largest absolute Gasteiger partial charge is 0.385 e. The van der Waals surface area contributed by atoms with Gasteiger partial charge in [0.15, 0.2) is 5.16 Å². The Bertz CT molecular complexity index is 712. The normalized spacial score (nSPS) is 12.4. The first-order valence-electron chi connectivity index (χ1n) is 7.93. The van der Waals surface area contributed by atoms with E-state index in [1.54, 1.807) is 23.4 Å². The molecule has 0 N–H and O–H groups in total. The smallest absolute Gasteiger partial charge is 0.262 e. The lowest BCUT2D eigenvalue weighted by Gasteiger charge is -2.16. The minimum atomic E-state index is 0.0325. The number of rotatable bonds is 9. The summed E-state index contributed by atoms with van der Waals surface area (Å²) >= 11 is 1.66. The molecule has 0 spiro atoms. The van der Waals surface area contributed by atoms with Gasteiger partial charge in [-0.05, 0) is 31.4 Å². The third-order valence-corrected chi connectivity index (χ3v) is 4.80. The molecule has 1 aromatic heterocycles. The highest BCUT2D eigenvalue weighted by Crippen LogP contribution is 2.25. The van der Waals surface area contributed by atoms with Crippen molar-refractivity contribution in [3.63, 3.8) is 0 Å². The summed E-state index contributed by atoms with van der Waals surface area (Å²) in [6.07, 6.45) is 4.71. The lowest BCUT2D eigenvalue weighted by Crippen LogP contribution is -2.24. The van der Waals surface area contributed by atoms with Gasteiger partial charge in [0, 0.05) is 25.5 Å². The molecule has 1 aromatic carbocycles. The van der Waals surface area contributed by atoms with Crippen LogP contribution in [0.3, 0.4) is 0 Å². The Hall–Kier alpha value is -1.59. The van der Waals surface area contributed by atoms with Gasteiger partial charge in [0.1, 0.15) is 0 Å². The van der Waals surface area contributed by atoms with Crippen molar-refractivity contribution >= 4 is 22.7 Å². The third kappa shape index (κ3) is 4.69. The molecule has 2 aromatic rings. The maximum atomic E-state index is 12.8. The third-order valence-electron chi connectivity index (χ3n) is 3.64. The standard InChI is InChI=1S/C18H24N2O2S/c1-4-5-9-14(2)23-18-19-16-11-7-6-10-15(16)17(21)20(18)12-8-13-22-3/h4,6-7,10-11,14H,1,5,8-9,12-13H2,2-3H3. The van der Waals surface area contributed by atoms with Gasteiger partial charge in [-0.1, -0.05) is 36.9 Å². The van der Waals surface area contributed by atoms with Crippen molar-refractivity contribution in [3.8, 4) is 0 Å². The number of hydrogen-bond acceptors (Lipinski definition) is 4. The second kappa shape index (κ2) is 8.89. The number of fused-ring (bicyclic) bond motifs is 1. The Morgan fingerprint density at radius 2 is 2.22 bits per heavy atom. The number of benzene rings is 1. The van der Waals surface area contributed by atoms with Gasteiger partial charge in [0.25, 0.3) is 5.56 Å². The Kier molecular flexibility index (Phi) is 6.86. The summed E-state index contributed by atoms with van der Waals surface area (Å²) in [6, 6.07) is 7.53. The fourth-order valence-electron chi connectivity index (χ4n) is 2.39. The number of hydrogen-bond donors (Lipinski definition) is 0. The SMILES string of the molecule is C=CCCC(C)Sc1nc2ccccc2c(=O)n1CCCOC. The summed E-state index contributed by atoms with van der Waals surface area (Å²) in [5.41, 5.74) is 0.795. The summed E-state index contributed by atoms with van der Waals surface area (Å²) < 4.78 is 6.90. The second-order valence-corrected chi connectivity index (χ2v) is 6.91. The predicted molar refractivity (Wildman–Crippen MR) is 97.2 cm³/mol. The van der Waals surface area contributed by atoms with Crippen LogP contribution < -0.4 is 5.56 Å². The van der Waals surface area contributed by atoms with E-state index in [0.717, 1.165) is 29.9 Å². The molecule has 2 rings (SSSR count). The van der Waals surface area contributed by atoms with Crippen molar-refractivity contribution in [2.45, 2.75) is 43.1 Å². The molecule has 124 valence electrons. The second-order valence-electron chi connectivity index (χ2n) is 5.51. The zero-order valence-electron chi connectivity index (χ0n) is 13.8. The quantitative estimate of drug-likeness (QED) is 0.302. The molecule has 1 heterocycles. The maximum Gasteiger partial charge on any atom is 0.262 e. The monoisotopic (exact) mass is 332 g/mol. The Balaban J connectivity index is 2.36. The molecule has 1 unspecified atom stereocenters. The van der Waals surface area contributed by atoms with E-state index in [2.05, 4.69) is 13.5 Å². The molecule has 0 radical (unpaired) electrons. The first-order chi connectivity index (χ1) is 11.2. The van der Waals surface area contributed by atoms with Crippen LogP contribution in [-0.2, 0) is 11.3 Å². The molecule has 0 saturated carbocycles. The lowest BCUT2D eigenvalue weighted by molar-refractivity contribution is 0.189. The Morgan fingerprint density at radius 1 is 1.43 bits per heavy atom. The minimum Gasteiger partial charge on any atom is -0.385 e. The van der Waals surface area contributed by atoms with Crippen molar-refractivity contribution in [3.05, 3.63) is 47.3 Å². The first-order valence-corrected chi connectivity index (χ1v) is 8.81. The molecular weight excluding hydrogens is 308 g/mol. The van der Waals surface area contributed by atoms with E-state index in [1.807, 2.05) is 30.3 Å². The fourth-order valence-corrected chi connectivity index (χ4v) is 3.46. The van der Waals surface area contributed by atoms with Gasteiger partial charge in [-0.25, -0.2) is 4.98 Å². The van der Waals surface area contributed by atoms with E-state index in [4.69, 9.17) is 9.72 Å². The van der Waals surface area contributed by atoms with Crippen LogP contribution in [0.2, 0.25) is 0 Å². The van der Waals surface area contributed by atoms with Crippen LogP contribution in [0.25, 0.3) is 10.9 Å². The number of para-hydroxylation sites is 1. The van der Waals surface area contributed by atoms with Crippen molar-refractivity contribution in [1.29, 1.82) is 0 Å². The van der Waals surface area contributed by atoms with Crippen molar-refractivity contribution in [1.82, 2.24) is 9.55 Å². The number of thioether (sulfide) groups is 1. The zero-order chi connectivity index (χ0) is 16.7. The maximum absolute atomic E-state index is 12.8. The Morgan fingerprint density at radius 3 is 2.96 bits per heavy atom. The molecule has 0 bridgehead atoms. The lowest BCUT2D eigenvalue weighted by atomic mass is 10.2. The highest BCUT2D eigenvalue weighted by atomic mass is 32.2. The number of ether oxygens (including phenoxy) is 1. The minimum absolute atomic E-state index is 0.0325. The highest BCUT2D eigenvalue weighted by Gasteiger charge is 2.14. The zero-order valence-corrected chi connectivity index (χ0v) is 14.6. The topological polar surface area (TPSA) is 44.1 Å². The van der Waals surface area contributed by atoms with E-state index in [0.29, 0.717) is 23.8 Å². The van der Waals surface area contributed by atoms with Crippen LogP contribution in [0.4, 0.5) is 0 Å². The molecular formula is C18H24N2O2S. The van der Waals surface area contributed by atoms with Gasteiger partial charge in [0.05, 0.1) is 10.9 Å².